The van der Waals surface area contributed by atoms with Gasteiger partial charge in [0.05, 0.1) is 11.1 Å². The van der Waals surface area contributed by atoms with Gasteiger partial charge >= 0.3 is 0 Å². The van der Waals surface area contributed by atoms with Crippen LogP contribution in [0.5, 0.6) is 0 Å². The summed E-state index contributed by atoms with van der Waals surface area (Å²) >= 11 is 6.78. The average molecular weight is 304 g/mol. The molecule has 3 rings (SSSR count). The Bertz CT molecular complexity index is 771. The van der Waals surface area contributed by atoms with Gasteiger partial charge in [0.15, 0.2) is 10.6 Å². The molecule has 0 radical (unpaired) electrons. The lowest BCUT2D eigenvalue weighted by Crippen LogP contribution is -2.02. The number of nitrogens with one attached hydrogen (secondary N) is 1. The molecule has 0 saturated carbocycles. The standard InChI is InChI=1S/C12H12N6S2/c1-7(2)18-10(16-17-12(18)19)9-6-15-11(20-9)8-5-13-3-4-14-8/h3-7H,1-2H3,(H,17,19). The van der Waals surface area contributed by atoms with Crippen LogP contribution in [0.25, 0.3) is 21.4 Å². The van der Waals surface area contributed by atoms with E-state index in [-0.39, 0.29) is 6.04 Å². The van der Waals surface area contributed by atoms with Crippen molar-refractivity contribution in [3.63, 3.8) is 0 Å². The summed E-state index contributed by atoms with van der Waals surface area (Å²) in [7, 11) is 0. The van der Waals surface area contributed by atoms with Gasteiger partial charge in [0, 0.05) is 24.6 Å². The van der Waals surface area contributed by atoms with Gasteiger partial charge in [-0.25, -0.2) is 4.98 Å². The molecule has 0 aliphatic rings. The fraction of sp³-hybridized carbons (Fsp3) is 0.250. The Morgan fingerprint density at radius 2 is 2.10 bits per heavy atom. The molecule has 0 aromatic carbocycles. The number of aromatic nitrogens is 6. The van der Waals surface area contributed by atoms with Gasteiger partial charge in [0.2, 0.25) is 0 Å². The quantitative estimate of drug-likeness (QED) is 0.753. The summed E-state index contributed by atoms with van der Waals surface area (Å²) < 4.78 is 2.59. The lowest BCUT2D eigenvalue weighted by atomic mass is 10.3. The zero-order chi connectivity index (χ0) is 14.1. The molecular formula is C12H12N6S2. The van der Waals surface area contributed by atoms with Crippen LogP contribution in [-0.4, -0.2) is 29.7 Å². The monoisotopic (exact) mass is 304 g/mol. The predicted molar refractivity (Wildman–Crippen MR) is 79.9 cm³/mol. The van der Waals surface area contributed by atoms with Crippen LogP contribution in [0, 0.1) is 4.77 Å². The van der Waals surface area contributed by atoms with Crippen molar-refractivity contribution < 1.29 is 0 Å². The summed E-state index contributed by atoms with van der Waals surface area (Å²) in [6.45, 7) is 4.14. The number of rotatable bonds is 3. The predicted octanol–water partition coefficient (Wildman–Crippen LogP) is 3.10. The molecule has 0 atom stereocenters. The van der Waals surface area contributed by atoms with E-state index in [4.69, 9.17) is 12.2 Å². The lowest BCUT2D eigenvalue weighted by molar-refractivity contribution is 0.597. The van der Waals surface area contributed by atoms with Crippen LogP contribution in [0.4, 0.5) is 0 Å². The van der Waals surface area contributed by atoms with Crippen LogP contribution in [-0.2, 0) is 0 Å². The molecule has 0 spiro atoms. The zero-order valence-corrected chi connectivity index (χ0v) is 12.6. The van der Waals surface area contributed by atoms with Crippen LogP contribution in [0.2, 0.25) is 0 Å². The number of hydrogen-bond acceptors (Lipinski definition) is 6. The topological polar surface area (TPSA) is 72.3 Å². The largest absolute Gasteiger partial charge is 0.297 e. The van der Waals surface area contributed by atoms with E-state index in [0.717, 1.165) is 21.4 Å². The smallest absolute Gasteiger partial charge is 0.195 e. The van der Waals surface area contributed by atoms with E-state index in [2.05, 4.69) is 39.0 Å². The van der Waals surface area contributed by atoms with E-state index in [1.807, 2.05) is 4.57 Å². The number of H-pyrrole nitrogens is 1. The minimum absolute atomic E-state index is 0.235. The molecule has 3 aromatic heterocycles. The Morgan fingerprint density at radius 3 is 2.80 bits per heavy atom. The second kappa shape index (κ2) is 5.22. The van der Waals surface area contributed by atoms with E-state index in [1.54, 1.807) is 24.8 Å². The Kier molecular flexibility index (Phi) is 3.41. The maximum Gasteiger partial charge on any atom is 0.195 e. The van der Waals surface area contributed by atoms with E-state index in [0.29, 0.717) is 4.77 Å². The van der Waals surface area contributed by atoms with Crippen molar-refractivity contribution in [2.45, 2.75) is 19.9 Å². The van der Waals surface area contributed by atoms with Gasteiger partial charge in [0.25, 0.3) is 0 Å². The van der Waals surface area contributed by atoms with E-state index >= 15 is 0 Å². The van der Waals surface area contributed by atoms with Crippen molar-refractivity contribution >= 4 is 23.6 Å². The summed E-state index contributed by atoms with van der Waals surface area (Å²) in [5.74, 6) is 0.803. The van der Waals surface area contributed by atoms with Gasteiger partial charge in [-0.05, 0) is 26.1 Å². The Morgan fingerprint density at radius 1 is 1.25 bits per heavy atom. The highest BCUT2D eigenvalue weighted by molar-refractivity contribution is 7.71. The first-order chi connectivity index (χ1) is 9.66. The second-order valence-electron chi connectivity index (χ2n) is 4.44. The molecule has 8 heteroatoms. The van der Waals surface area contributed by atoms with Gasteiger partial charge in [-0.3, -0.25) is 19.6 Å². The highest BCUT2D eigenvalue weighted by atomic mass is 32.1. The van der Waals surface area contributed by atoms with Crippen molar-refractivity contribution in [3.8, 4) is 21.4 Å². The van der Waals surface area contributed by atoms with E-state index in [9.17, 15) is 0 Å². The molecule has 0 aliphatic carbocycles. The van der Waals surface area contributed by atoms with Crippen molar-refractivity contribution in [2.75, 3.05) is 0 Å². The third-order valence-electron chi connectivity index (χ3n) is 2.73. The fourth-order valence-corrected chi connectivity index (χ4v) is 3.07. The first-order valence-electron chi connectivity index (χ1n) is 6.06. The highest BCUT2D eigenvalue weighted by Crippen LogP contribution is 2.30. The molecule has 0 fully saturated rings. The highest BCUT2D eigenvalue weighted by Gasteiger charge is 2.15. The summed E-state index contributed by atoms with van der Waals surface area (Å²) in [5, 5.41) is 7.94. The minimum atomic E-state index is 0.235. The Labute approximate surface area is 124 Å². The Balaban J connectivity index is 2.05. The molecule has 102 valence electrons. The van der Waals surface area contributed by atoms with Gasteiger partial charge in [-0.1, -0.05) is 0 Å². The average Bonchev–Trinajstić information content (AvgIpc) is 3.05. The summed E-state index contributed by atoms with van der Waals surface area (Å²) in [5.41, 5.74) is 0.758. The summed E-state index contributed by atoms with van der Waals surface area (Å²) in [6.07, 6.45) is 6.78. The molecular weight excluding hydrogens is 292 g/mol. The summed E-state index contributed by atoms with van der Waals surface area (Å²) in [6, 6.07) is 0.235. The molecule has 0 unspecified atom stereocenters. The first-order valence-corrected chi connectivity index (χ1v) is 7.29. The van der Waals surface area contributed by atoms with Crippen LogP contribution < -0.4 is 0 Å². The molecule has 0 amide bonds. The maximum absolute atomic E-state index is 5.26. The molecule has 1 N–H and O–H groups in total. The van der Waals surface area contributed by atoms with Gasteiger partial charge in [-0.15, -0.1) is 11.3 Å². The van der Waals surface area contributed by atoms with E-state index in [1.165, 1.54) is 11.3 Å². The van der Waals surface area contributed by atoms with Crippen molar-refractivity contribution in [1.29, 1.82) is 0 Å². The molecule has 3 heterocycles. The second-order valence-corrected chi connectivity index (χ2v) is 5.85. The van der Waals surface area contributed by atoms with Crippen LogP contribution >= 0.6 is 23.6 Å². The zero-order valence-electron chi connectivity index (χ0n) is 10.9. The SMILES string of the molecule is CC(C)n1c(-c2cnc(-c3cnccn3)s2)n[nH]c1=S. The maximum atomic E-state index is 5.26. The molecule has 6 nitrogen and oxygen atoms in total. The number of nitrogens with zero attached hydrogens (tertiary/aromatic N) is 5. The van der Waals surface area contributed by atoms with Gasteiger partial charge in [-0.2, -0.15) is 5.10 Å². The van der Waals surface area contributed by atoms with Crippen molar-refractivity contribution in [3.05, 3.63) is 29.6 Å². The van der Waals surface area contributed by atoms with Crippen molar-refractivity contribution in [2.24, 2.45) is 0 Å². The van der Waals surface area contributed by atoms with E-state index < -0.39 is 0 Å². The Hall–Kier alpha value is -1.93. The number of hydrogen-bond donors (Lipinski definition) is 1. The summed E-state index contributed by atoms with van der Waals surface area (Å²) in [4.78, 5) is 13.6. The molecule has 0 bridgehead atoms. The van der Waals surface area contributed by atoms with Crippen LogP contribution in [0.3, 0.4) is 0 Å². The molecule has 0 aliphatic heterocycles. The number of aromatic amines is 1. The minimum Gasteiger partial charge on any atom is -0.297 e. The van der Waals surface area contributed by atoms with Crippen LogP contribution in [0.1, 0.15) is 19.9 Å². The molecule has 0 saturated heterocycles. The third kappa shape index (κ3) is 2.27. The van der Waals surface area contributed by atoms with Gasteiger partial charge < -0.3 is 0 Å². The molecule has 3 aromatic rings. The normalized spacial score (nSPS) is 11.2. The molecule has 20 heavy (non-hydrogen) atoms. The van der Waals surface area contributed by atoms with Crippen molar-refractivity contribution in [1.82, 2.24) is 29.7 Å². The number of thiazole rings is 1. The fourth-order valence-electron chi connectivity index (χ4n) is 1.86. The third-order valence-corrected chi connectivity index (χ3v) is 4.03. The van der Waals surface area contributed by atoms with Crippen LogP contribution in [0.15, 0.2) is 24.8 Å². The first kappa shape index (κ1) is 13.1. The van der Waals surface area contributed by atoms with Gasteiger partial charge in [0.1, 0.15) is 10.7 Å². The lowest BCUT2D eigenvalue weighted by Gasteiger charge is -2.08.